The third-order valence-corrected chi connectivity index (χ3v) is 6.20. The second-order valence-electron chi connectivity index (χ2n) is 7.57. The van der Waals surface area contributed by atoms with Crippen molar-refractivity contribution in [1.29, 1.82) is 0 Å². The molecule has 0 unspecified atom stereocenters. The quantitative estimate of drug-likeness (QED) is 0.748. The van der Waals surface area contributed by atoms with Gasteiger partial charge in [-0.25, -0.2) is 12.8 Å². The molecule has 0 atom stereocenters. The topological polar surface area (TPSA) is 75.7 Å². The van der Waals surface area contributed by atoms with Crippen molar-refractivity contribution in [3.8, 4) is 5.75 Å². The number of anilines is 2. The monoisotopic (exact) mass is 418 g/mol. The molecule has 0 saturated carbocycles. The van der Waals surface area contributed by atoms with Crippen LogP contribution in [0.1, 0.15) is 19.4 Å². The number of rotatable bonds is 5. The second kappa shape index (κ2) is 7.51. The number of hydrogen-bond acceptors (Lipinski definition) is 4. The fourth-order valence-corrected chi connectivity index (χ4v) is 4.42. The molecule has 6 nitrogen and oxygen atoms in total. The number of sulfonamides is 1. The predicted molar refractivity (Wildman–Crippen MR) is 110 cm³/mol. The lowest BCUT2D eigenvalue weighted by Crippen LogP contribution is -2.42. The summed E-state index contributed by atoms with van der Waals surface area (Å²) < 4.78 is 47.1. The number of amides is 1. The van der Waals surface area contributed by atoms with Gasteiger partial charge in [0.25, 0.3) is 10.0 Å². The lowest BCUT2D eigenvalue weighted by Gasteiger charge is -2.27. The van der Waals surface area contributed by atoms with Gasteiger partial charge in [-0.2, -0.15) is 0 Å². The van der Waals surface area contributed by atoms with E-state index < -0.39 is 21.3 Å². The Bertz CT molecular complexity index is 1080. The third-order valence-electron chi connectivity index (χ3n) is 4.65. The minimum Gasteiger partial charge on any atom is -0.490 e. The van der Waals surface area contributed by atoms with Crippen molar-refractivity contribution in [2.24, 2.45) is 5.41 Å². The highest BCUT2D eigenvalue weighted by Gasteiger charge is 2.37. The van der Waals surface area contributed by atoms with Crippen molar-refractivity contribution in [2.75, 3.05) is 22.8 Å². The van der Waals surface area contributed by atoms with E-state index in [0.717, 1.165) is 12.1 Å². The standard InChI is InChI=1S/C21H23FN2O4S/c1-5-10-24-17-8-7-16(12-18(17)28-13-21(3,4)20(24)25)23-29(26,27)19-9-6-15(22)11-14(19)2/h5-9,11-12,23H,1,10,13H2,2-4H3. The van der Waals surface area contributed by atoms with Gasteiger partial charge in [-0.1, -0.05) is 6.08 Å². The molecule has 1 heterocycles. The summed E-state index contributed by atoms with van der Waals surface area (Å²) in [5.74, 6) is -0.220. The molecule has 0 aromatic heterocycles. The van der Waals surface area contributed by atoms with Crippen molar-refractivity contribution in [2.45, 2.75) is 25.7 Å². The van der Waals surface area contributed by atoms with Crippen LogP contribution in [0.15, 0.2) is 53.9 Å². The van der Waals surface area contributed by atoms with E-state index in [1.165, 1.54) is 19.1 Å². The first-order chi connectivity index (χ1) is 13.5. The highest BCUT2D eigenvalue weighted by molar-refractivity contribution is 7.92. The van der Waals surface area contributed by atoms with E-state index in [1.807, 2.05) is 0 Å². The molecular formula is C21H23FN2O4S. The molecule has 8 heteroatoms. The number of hydrogen-bond donors (Lipinski definition) is 1. The van der Waals surface area contributed by atoms with Gasteiger partial charge in [0.1, 0.15) is 18.2 Å². The molecular weight excluding hydrogens is 395 g/mol. The Hall–Kier alpha value is -2.87. The van der Waals surface area contributed by atoms with Crippen LogP contribution in [0.5, 0.6) is 5.75 Å². The molecule has 2 aromatic rings. The highest BCUT2D eigenvalue weighted by atomic mass is 32.2. The number of carbonyl (C=O) groups excluding carboxylic acids is 1. The molecule has 29 heavy (non-hydrogen) atoms. The van der Waals surface area contributed by atoms with Gasteiger partial charge in [0.15, 0.2) is 0 Å². The maximum Gasteiger partial charge on any atom is 0.262 e. The first kappa shape index (κ1) is 20.9. The van der Waals surface area contributed by atoms with Gasteiger partial charge in [-0.3, -0.25) is 9.52 Å². The normalized spacial score (nSPS) is 15.9. The van der Waals surface area contributed by atoms with Gasteiger partial charge >= 0.3 is 0 Å². The average molecular weight is 418 g/mol. The third kappa shape index (κ3) is 4.12. The average Bonchev–Trinajstić information content (AvgIpc) is 2.71. The maximum absolute atomic E-state index is 13.3. The van der Waals surface area contributed by atoms with Crippen LogP contribution in [-0.4, -0.2) is 27.5 Å². The molecule has 0 bridgehead atoms. The summed E-state index contributed by atoms with van der Waals surface area (Å²) in [7, 11) is -3.92. The molecule has 0 saturated heterocycles. The van der Waals surface area contributed by atoms with Gasteiger partial charge < -0.3 is 9.64 Å². The number of ether oxygens (including phenoxy) is 1. The molecule has 154 valence electrons. The Labute approximate surface area is 170 Å². The van der Waals surface area contributed by atoms with Crippen molar-refractivity contribution >= 4 is 27.3 Å². The summed E-state index contributed by atoms with van der Waals surface area (Å²) in [6, 6.07) is 8.21. The minimum absolute atomic E-state index is 0.0145. The van der Waals surface area contributed by atoms with Crippen LogP contribution < -0.4 is 14.4 Å². The lowest BCUT2D eigenvalue weighted by molar-refractivity contribution is -0.127. The van der Waals surface area contributed by atoms with Crippen LogP contribution in [0.2, 0.25) is 0 Å². The van der Waals surface area contributed by atoms with E-state index >= 15 is 0 Å². The van der Waals surface area contributed by atoms with Crippen molar-refractivity contribution in [3.63, 3.8) is 0 Å². The number of nitrogens with one attached hydrogen (secondary N) is 1. The largest absolute Gasteiger partial charge is 0.490 e. The minimum atomic E-state index is -3.92. The zero-order valence-electron chi connectivity index (χ0n) is 16.5. The predicted octanol–water partition coefficient (Wildman–Crippen LogP) is 3.87. The number of nitrogens with zero attached hydrogens (tertiary/aromatic N) is 1. The van der Waals surface area contributed by atoms with Crippen LogP contribution in [0.4, 0.5) is 15.8 Å². The Balaban J connectivity index is 1.97. The van der Waals surface area contributed by atoms with Crippen LogP contribution >= 0.6 is 0 Å². The summed E-state index contributed by atoms with van der Waals surface area (Å²) in [5.41, 5.74) is 0.375. The first-order valence-electron chi connectivity index (χ1n) is 9.04. The van der Waals surface area contributed by atoms with Crippen LogP contribution in [-0.2, 0) is 14.8 Å². The van der Waals surface area contributed by atoms with E-state index in [4.69, 9.17) is 4.74 Å². The van der Waals surface area contributed by atoms with E-state index in [-0.39, 0.29) is 23.1 Å². The SMILES string of the molecule is C=CCN1C(=O)C(C)(C)COc2cc(NS(=O)(=O)c3ccc(F)cc3C)ccc21. The molecule has 0 spiro atoms. The molecule has 1 N–H and O–H groups in total. The van der Waals surface area contributed by atoms with E-state index in [2.05, 4.69) is 11.3 Å². The Morgan fingerprint density at radius 3 is 2.66 bits per heavy atom. The second-order valence-corrected chi connectivity index (χ2v) is 9.23. The Morgan fingerprint density at radius 1 is 1.28 bits per heavy atom. The molecule has 1 aliphatic rings. The van der Waals surface area contributed by atoms with Gasteiger partial charge in [-0.05, 0) is 56.7 Å². The van der Waals surface area contributed by atoms with Gasteiger partial charge in [0.05, 0.1) is 21.7 Å². The zero-order chi connectivity index (χ0) is 21.4. The molecule has 0 radical (unpaired) electrons. The van der Waals surface area contributed by atoms with Gasteiger partial charge in [0.2, 0.25) is 5.91 Å². The number of fused-ring (bicyclic) bond motifs is 1. The van der Waals surface area contributed by atoms with E-state index in [1.54, 1.807) is 37.0 Å². The van der Waals surface area contributed by atoms with Crippen molar-refractivity contribution < 1.29 is 22.3 Å². The molecule has 0 fully saturated rings. The molecule has 2 aromatic carbocycles. The maximum atomic E-state index is 13.3. The number of benzene rings is 2. The van der Waals surface area contributed by atoms with Crippen LogP contribution in [0, 0.1) is 18.2 Å². The fourth-order valence-electron chi connectivity index (χ4n) is 3.15. The number of carbonyl (C=O) groups is 1. The van der Waals surface area contributed by atoms with E-state index in [0.29, 0.717) is 23.5 Å². The summed E-state index contributed by atoms with van der Waals surface area (Å²) in [6.07, 6.45) is 1.62. The van der Waals surface area contributed by atoms with Crippen LogP contribution in [0.25, 0.3) is 0 Å². The van der Waals surface area contributed by atoms with Crippen molar-refractivity contribution in [3.05, 3.63) is 60.4 Å². The van der Waals surface area contributed by atoms with Gasteiger partial charge in [0, 0.05) is 12.6 Å². The van der Waals surface area contributed by atoms with Crippen molar-refractivity contribution in [1.82, 2.24) is 0 Å². The summed E-state index contributed by atoms with van der Waals surface area (Å²) in [6.45, 7) is 9.26. The van der Waals surface area contributed by atoms with Gasteiger partial charge in [-0.15, -0.1) is 6.58 Å². The molecule has 1 amide bonds. The number of halogens is 1. The first-order valence-corrected chi connectivity index (χ1v) is 10.5. The molecule has 3 rings (SSSR count). The molecule has 1 aliphatic heterocycles. The zero-order valence-corrected chi connectivity index (χ0v) is 17.3. The smallest absolute Gasteiger partial charge is 0.262 e. The number of aryl methyl sites for hydroxylation is 1. The van der Waals surface area contributed by atoms with E-state index in [9.17, 15) is 17.6 Å². The summed E-state index contributed by atoms with van der Waals surface area (Å²) in [4.78, 5) is 14.4. The Kier molecular flexibility index (Phi) is 5.40. The summed E-state index contributed by atoms with van der Waals surface area (Å²) >= 11 is 0. The summed E-state index contributed by atoms with van der Waals surface area (Å²) in [5, 5.41) is 0. The Morgan fingerprint density at radius 2 is 2.00 bits per heavy atom. The lowest BCUT2D eigenvalue weighted by atomic mass is 9.93. The van der Waals surface area contributed by atoms with Crippen LogP contribution in [0.3, 0.4) is 0 Å². The highest BCUT2D eigenvalue weighted by Crippen LogP contribution is 2.38. The fraction of sp³-hybridized carbons (Fsp3) is 0.286. The molecule has 0 aliphatic carbocycles.